The number of benzene rings is 3. The second-order valence-electron chi connectivity index (χ2n) is 11.0. The number of phenols is 1. The Morgan fingerprint density at radius 2 is 1.68 bits per heavy atom. The van der Waals surface area contributed by atoms with Crippen LogP contribution in [0.5, 0.6) is 5.75 Å². The smallest absolute Gasteiger partial charge is 0.115 e. The lowest BCUT2D eigenvalue weighted by Crippen LogP contribution is -2.49. The Kier molecular flexibility index (Phi) is 5.18. The van der Waals surface area contributed by atoms with E-state index in [1.165, 1.54) is 22.3 Å². The van der Waals surface area contributed by atoms with E-state index in [4.69, 9.17) is 0 Å². The fourth-order valence-electron chi connectivity index (χ4n) is 7.64. The minimum absolute atomic E-state index is 0.0964. The highest BCUT2D eigenvalue weighted by molar-refractivity contribution is 5.75. The molecule has 2 saturated carbocycles. The normalized spacial score (nSPS) is 32.2. The average molecular weight is 451 g/mol. The lowest BCUT2D eigenvalue weighted by Gasteiger charge is -2.52. The van der Waals surface area contributed by atoms with Crippen molar-refractivity contribution in [3.63, 3.8) is 0 Å². The maximum Gasteiger partial charge on any atom is 0.115 e. The highest BCUT2D eigenvalue weighted by Crippen LogP contribution is 2.64. The maximum atomic E-state index is 12.1. The summed E-state index contributed by atoms with van der Waals surface area (Å²) in [5.74, 6) is 2.10. The van der Waals surface area contributed by atoms with Gasteiger partial charge in [-0.2, -0.15) is 0 Å². The van der Waals surface area contributed by atoms with Crippen molar-refractivity contribution in [2.24, 2.45) is 17.3 Å². The van der Waals surface area contributed by atoms with E-state index in [2.05, 4.69) is 73.7 Å². The summed E-state index contributed by atoms with van der Waals surface area (Å²) in [6.07, 6.45) is 10.6. The first kappa shape index (κ1) is 21.7. The summed E-state index contributed by atoms with van der Waals surface area (Å²) in [4.78, 5) is 0. The molecule has 0 aliphatic heterocycles. The van der Waals surface area contributed by atoms with Gasteiger partial charge in [0.2, 0.25) is 0 Å². The van der Waals surface area contributed by atoms with Crippen LogP contribution in [0.25, 0.3) is 17.2 Å². The molecule has 3 aliphatic rings. The van der Waals surface area contributed by atoms with Crippen molar-refractivity contribution in [2.45, 2.75) is 57.0 Å². The molecule has 0 amide bonds. The first-order valence-electron chi connectivity index (χ1n) is 12.9. The van der Waals surface area contributed by atoms with Gasteiger partial charge in [0.05, 0.1) is 5.60 Å². The summed E-state index contributed by atoms with van der Waals surface area (Å²) in [7, 11) is 0. The number of fused-ring (bicyclic) bond motifs is 5. The summed E-state index contributed by atoms with van der Waals surface area (Å²) in [5, 5.41) is 22.0. The van der Waals surface area contributed by atoms with Crippen LogP contribution in [-0.4, -0.2) is 15.8 Å². The largest absolute Gasteiger partial charge is 0.508 e. The van der Waals surface area contributed by atoms with Crippen LogP contribution in [0.15, 0.2) is 78.9 Å². The molecular formula is C32H34O2. The number of hydrogen-bond acceptors (Lipinski definition) is 2. The van der Waals surface area contributed by atoms with Gasteiger partial charge in [-0.25, -0.2) is 0 Å². The van der Waals surface area contributed by atoms with E-state index < -0.39 is 5.60 Å². The van der Waals surface area contributed by atoms with Crippen LogP contribution in [0.1, 0.15) is 61.6 Å². The van der Waals surface area contributed by atoms with Crippen LogP contribution in [-0.2, 0) is 6.42 Å². The van der Waals surface area contributed by atoms with E-state index in [0.717, 1.165) is 44.1 Å². The standard InChI is InChI=1S/C32H34O2/c1-31-18-16-28-27-14-12-25(33)21-24(27)11-13-29(28)30(31)17-20-32(31,34)19-15-23-9-5-6-10-26(23)22-7-3-2-4-8-22/h2-10,12,14-15,19,21,28-30,33-34H,11,13,16-18,20H2,1H3/b19-15+/t28?,29?,30?,31?,32-/m0/s1. The lowest BCUT2D eigenvalue weighted by atomic mass is 9.53. The van der Waals surface area contributed by atoms with Gasteiger partial charge in [-0.3, -0.25) is 0 Å². The number of rotatable bonds is 3. The molecular weight excluding hydrogens is 416 g/mol. The molecule has 5 atom stereocenters. The van der Waals surface area contributed by atoms with Gasteiger partial charge in [-0.05, 0) is 96.2 Å². The van der Waals surface area contributed by atoms with Crippen LogP contribution in [0.3, 0.4) is 0 Å². The fraction of sp³-hybridized carbons (Fsp3) is 0.375. The summed E-state index contributed by atoms with van der Waals surface area (Å²) in [5.41, 5.74) is 5.47. The molecule has 0 aromatic heterocycles. The lowest BCUT2D eigenvalue weighted by molar-refractivity contribution is -0.0705. The molecule has 0 heterocycles. The molecule has 174 valence electrons. The number of aryl methyl sites for hydroxylation is 1. The summed E-state index contributed by atoms with van der Waals surface area (Å²) in [6.45, 7) is 2.35. The molecule has 2 nitrogen and oxygen atoms in total. The molecule has 0 spiro atoms. The highest BCUT2D eigenvalue weighted by atomic mass is 16.3. The van der Waals surface area contributed by atoms with E-state index in [1.54, 1.807) is 0 Å². The third kappa shape index (κ3) is 3.34. The fourth-order valence-corrected chi connectivity index (χ4v) is 7.64. The van der Waals surface area contributed by atoms with E-state index in [9.17, 15) is 10.2 Å². The van der Waals surface area contributed by atoms with E-state index in [0.29, 0.717) is 23.5 Å². The van der Waals surface area contributed by atoms with Crippen LogP contribution in [0.4, 0.5) is 0 Å². The van der Waals surface area contributed by atoms with Gasteiger partial charge in [0.1, 0.15) is 5.75 Å². The molecule has 2 N–H and O–H groups in total. The van der Waals surface area contributed by atoms with Gasteiger partial charge in [0.15, 0.2) is 0 Å². The Morgan fingerprint density at radius 3 is 2.53 bits per heavy atom. The third-order valence-corrected chi connectivity index (χ3v) is 9.51. The minimum Gasteiger partial charge on any atom is -0.508 e. The predicted octanol–water partition coefficient (Wildman–Crippen LogP) is 7.36. The zero-order chi connectivity index (χ0) is 23.3. The third-order valence-electron chi connectivity index (χ3n) is 9.51. The van der Waals surface area contributed by atoms with Crippen molar-refractivity contribution in [1.82, 2.24) is 0 Å². The quantitative estimate of drug-likeness (QED) is 0.438. The monoisotopic (exact) mass is 450 g/mol. The summed E-state index contributed by atoms with van der Waals surface area (Å²) < 4.78 is 0. The van der Waals surface area contributed by atoms with E-state index in [1.807, 2.05) is 18.2 Å². The minimum atomic E-state index is -0.776. The number of hydrogen-bond donors (Lipinski definition) is 2. The van der Waals surface area contributed by atoms with Crippen molar-refractivity contribution < 1.29 is 10.2 Å². The Bertz CT molecular complexity index is 1230. The Hall–Kier alpha value is -2.84. The van der Waals surface area contributed by atoms with E-state index in [-0.39, 0.29) is 5.41 Å². The summed E-state index contributed by atoms with van der Waals surface area (Å²) >= 11 is 0. The molecule has 34 heavy (non-hydrogen) atoms. The predicted molar refractivity (Wildman–Crippen MR) is 139 cm³/mol. The van der Waals surface area contributed by atoms with Gasteiger partial charge in [0, 0.05) is 5.41 Å². The Balaban J connectivity index is 1.30. The van der Waals surface area contributed by atoms with Crippen LogP contribution >= 0.6 is 0 Å². The van der Waals surface area contributed by atoms with Gasteiger partial charge in [-0.1, -0.05) is 79.7 Å². The first-order valence-corrected chi connectivity index (χ1v) is 12.9. The Labute approximate surface area is 203 Å². The topological polar surface area (TPSA) is 40.5 Å². The molecule has 3 aromatic rings. The van der Waals surface area contributed by atoms with E-state index >= 15 is 0 Å². The SMILES string of the molecule is CC12CCC3c4ccc(O)cc4CCC3C1CC[C@@]2(O)/C=C/c1ccccc1-c1ccccc1. The second-order valence-corrected chi connectivity index (χ2v) is 11.0. The molecule has 4 unspecified atom stereocenters. The molecule has 3 aromatic carbocycles. The average Bonchev–Trinajstić information content (AvgIpc) is 3.14. The van der Waals surface area contributed by atoms with Gasteiger partial charge in [-0.15, -0.1) is 0 Å². The summed E-state index contributed by atoms with van der Waals surface area (Å²) in [6, 6.07) is 25.0. The second kappa shape index (κ2) is 8.13. The molecule has 0 radical (unpaired) electrons. The van der Waals surface area contributed by atoms with Crippen molar-refractivity contribution >= 4 is 6.08 Å². The number of aliphatic hydroxyl groups is 1. The maximum absolute atomic E-state index is 12.1. The molecule has 0 saturated heterocycles. The molecule has 3 aliphatic carbocycles. The molecule has 6 rings (SSSR count). The Morgan fingerprint density at radius 1 is 0.882 bits per heavy atom. The number of aromatic hydroxyl groups is 1. The van der Waals surface area contributed by atoms with Crippen LogP contribution in [0.2, 0.25) is 0 Å². The van der Waals surface area contributed by atoms with Gasteiger partial charge < -0.3 is 10.2 Å². The molecule has 2 heteroatoms. The zero-order valence-corrected chi connectivity index (χ0v) is 20.0. The molecule has 0 bridgehead atoms. The first-order chi connectivity index (χ1) is 16.5. The van der Waals surface area contributed by atoms with Gasteiger partial charge >= 0.3 is 0 Å². The van der Waals surface area contributed by atoms with Crippen molar-refractivity contribution in [1.29, 1.82) is 0 Å². The number of phenolic OH excluding ortho intramolecular Hbond substituents is 1. The van der Waals surface area contributed by atoms with Gasteiger partial charge in [0.25, 0.3) is 0 Å². The van der Waals surface area contributed by atoms with Crippen molar-refractivity contribution in [3.8, 4) is 16.9 Å². The van der Waals surface area contributed by atoms with Crippen LogP contribution in [0, 0.1) is 17.3 Å². The van der Waals surface area contributed by atoms with Crippen LogP contribution < -0.4 is 0 Å². The van der Waals surface area contributed by atoms with Crippen molar-refractivity contribution in [3.05, 3.63) is 95.6 Å². The zero-order valence-electron chi connectivity index (χ0n) is 20.0. The highest BCUT2D eigenvalue weighted by Gasteiger charge is 2.60. The molecule has 2 fully saturated rings. The van der Waals surface area contributed by atoms with Crippen molar-refractivity contribution in [2.75, 3.05) is 0 Å².